The maximum Gasteiger partial charge on any atom is 0.264 e. The van der Waals surface area contributed by atoms with E-state index in [0.717, 1.165) is 27.7 Å². The van der Waals surface area contributed by atoms with Gasteiger partial charge in [-0.25, -0.2) is 0 Å². The van der Waals surface area contributed by atoms with Crippen LogP contribution in [-0.2, 0) is 37.8 Å². The summed E-state index contributed by atoms with van der Waals surface area (Å²) in [5.41, 5.74) is 2.34. The van der Waals surface area contributed by atoms with E-state index in [0.29, 0.717) is 23.5 Å². The molecule has 0 unspecified atom stereocenters. The van der Waals surface area contributed by atoms with Crippen molar-refractivity contribution in [3.8, 4) is 0 Å². The largest absolute Gasteiger partial charge is 0.395 e. The summed E-state index contributed by atoms with van der Waals surface area (Å²) in [5.74, 6) is -1.12. The molecule has 2 aliphatic heterocycles. The maximum atomic E-state index is 16.4. The van der Waals surface area contributed by atoms with Crippen molar-refractivity contribution in [2.75, 3.05) is 23.0 Å². The molecular formula is C39H41BrFN3O5Si. The zero-order chi connectivity index (χ0) is 35.6. The van der Waals surface area contributed by atoms with Gasteiger partial charge in [-0.2, -0.15) is 0 Å². The zero-order valence-corrected chi connectivity index (χ0v) is 30.9. The van der Waals surface area contributed by atoms with Gasteiger partial charge in [-0.05, 0) is 66.7 Å². The van der Waals surface area contributed by atoms with E-state index in [1.807, 2.05) is 110 Å². The highest BCUT2D eigenvalue weighted by Gasteiger charge is 2.67. The van der Waals surface area contributed by atoms with Gasteiger partial charge in [-0.15, -0.1) is 0 Å². The van der Waals surface area contributed by atoms with E-state index in [-0.39, 0.29) is 37.9 Å². The first kappa shape index (κ1) is 35.7. The van der Waals surface area contributed by atoms with Crippen LogP contribution in [-0.4, -0.2) is 55.9 Å². The Morgan fingerprint density at radius 3 is 2.24 bits per heavy atom. The number of rotatable bonds is 12. The molecule has 2 aliphatic rings. The van der Waals surface area contributed by atoms with Gasteiger partial charge in [0.05, 0.1) is 31.4 Å². The van der Waals surface area contributed by atoms with Crippen LogP contribution in [0.2, 0.25) is 18.6 Å². The second-order valence-corrected chi connectivity index (χ2v) is 18.2. The number of carbonyl (C=O) groups excluding carboxylic acids is 3. The summed E-state index contributed by atoms with van der Waals surface area (Å²) in [6.45, 7) is 5.53. The molecule has 1 saturated heterocycles. The minimum absolute atomic E-state index is 0.114. The number of nitrogens with zero attached hydrogens (tertiary/aromatic N) is 3. The summed E-state index contributed by atoms with van der Waals surface area (Å²) in [6, 6.07) is 31.9. The topological polar surface area (TPSA) is 90.4 Å². The van der Waals surface area contributed by atoms with Crippen LogP contribution in [0.4, 0.5) is 21.2 Å². The molecule has 2 heterocycles. The van der Waals surface area contributed by atoms with E-state index in [2.05, 4.69) is 15.9 Å². The van der Waals surface area contributed by atoms with Crippen LogP contribution in [0.5, 0.6) is 0 Å². The molecule has 4 aromatic carbocycles. The van der Waals surface area contributed by atoms with Crippen molar-refractivity contribution in [2.45, 2.75) is 56.8 Å². The summed E-state index contributed by atoms with van der Waals surface area (Å²) in [5, 5.41) is 9.79. The van der Waals surface area contributed by atoms with Gasteiger partial charge in [0, 0.05) is 46.0 Å². The number of para-hydroxylation sites is 1. The minimum Gasteiger partial charge on any atom is -0.395 e. The van der Waals surface area contributed by atoms with Gasteiger partial charge in [0.2, 0.25) is 20.7 Å². The van der Waals surface area contributed by atoms with Gasteiger partial charge >= 0.3 is 0 Å². The molecule has 1 fully saturated rings. The Morgan fingerprint density at radius 1 is 0.980 bits per heavy atom. The third-order valence-corrected chi connectivity index (χ3v) is 12.9. The number of halogens is 2. The number of hydrogen-bond donors (Lipinski definition) is 1. The van der Waals surface area contributed by atoms with E-state index in [1.54, 1.807) is 27.8 Å². The highest BCUT2D eigenvalue weighted by atomic mass is 79.9. The highest BCUT2D eigenvalue weighted by Crippen LogP contribution is 2.60. The third-order valence-electron chi connectivity index (χ3n) is 9.93. The standard InChI is InChI=1S/C39H41BrFN3O5Si/c1-27-37(50(2,3)41)35(23-36(47)42(20-21-45)24-28-10-6-4-7-11-28)49-39(27)33-22-30(40)16-19-34(33)43(38(39)48)25-29-14-17-32(18-15-29)44(26-46)31-12-8-5-9-13-31/h4-19,22,26-27,35,37,45H,20-21,23-25H2,1-3H3/t27-,35+,37-,39+/m1/s1. The van der Waals surface area contributed by atoms with Crippen molar-refractivity contribution >= 4 is 59.6 Å². The lowest BCUT2D eigenvalue weighted by molar-refractivity contribution is -0.150. The molecule has 8 nitrogen and oxygen atoms in total. The maximum absolute atomic E-state index is 16.4. The quantitative estimate of drug-likeness (QED) is 0.0920. The van der Waals surface area contributed by atoms with Gasteiger partial charge in [-0.1, -0.05) is 83.5 Å². The number of carbonyl (C=O) groups is 3. The number of aliphatic hydroxyl groups excluding tert-OH is 1. The second-order valence-electron chi connectivity index (χ2n) is 13.5. The second kappa shape index (κ2) is 14.6. The zero-order valence-electron chi connectivity index (χ0n) is 28.3. The van der Waals surface area contributed by atoms with Crippen LogP contribution in [0.1, 0.15) is 30.0 Å². The summed E-state index contributed by atoms with van der Waals surface area (Å²) in [7, 11) is -3.51. The summed E-state index contributed by atoms with van der Waals surface area (Å²) >= 11 is 3.58. The molecular weight excluding hydrogens is 717 g/mol. The van der Waals surface area contributed by atoms with Crippen LogP contribution in [0.3, 0.4) is 0 Å². The van der Waals surface area contributed by atoms with Crippen molar-refractivity contribution in [1.29, 1.82) is 0 Å². The lowest BCUT2D eigenvalue weighted by Gasteiger charge is -2.31. The highest BCUT2D eigenvalue weighted by molar-refractivity contribution is 9.10. The van der Waals surface area contributed by atoms with Crippen LogP contribution >= 0.6 is 15.9 Å². The molecule has 1 N–H and O–H groups in total. The molecule has 3 amide bonds. The van der Waals surface area contributed by atoms with E-state index < -0.39 is 31.6 Å². The number of hydrogen-bond acceptors (Lipinski definition) is 5. The first-order valence-corrected chi connectivity index (χ1v) is 20.5. The monoisotopic (exact) mass is 757 g/mol. The smallest absolute Gasteiger partial charge is 0.264 e. The van der Waals surface area contributed by atoms with E-state index in [4.69, 9.17) is 4.74 Å². The third kappa shape index (κ3) is 6.79. The van der Waals surface area contributed by atoms with Crippen LogP contribution in [0.25, 0.3) is 0 Å². The number of amides is 3. The Morgan fingerprint density at radius 2 is 1.62 bits per heavy atom. The van der Waals surface area contributed by atoms with Crippen molar-refractivity contribution in [3.05, 3.63) is 124 Å². The van der Waals surface area contributed by atoms with Crippen LogP contribution in [0, 0.1) is 5.92 Å². The summed E-state index contributed by atoms with van der Waals surface area (Å²) < 4.78 is 24.0. The molecule has 1 spiro atoms. The lowest BCUT2D eigenvalue weighted by atomic mass is 9.82. The molecule has 0 bridgehead atoms. The lowest BCUT2D eigenvalue weighted by Crippen LogP contribution is -2.45. The fourth-order valence-corrected chi connectivity index (χ4v) is 10.6. The molecule has 0 aromatic heterocycles. The van der Waals surface area contributed by atoms with Gasteiger partial charge in [0.25, 0.3) is 5.91 Å². The molecule has 11 heteroatoms. The average molecular weight is 759 g/mol. The number of anilines is 3. The SMILES string of the molecule is C[C@@H]1[C@@H]([Si](C)(C)F)[C@H](CC(=O)N(CCO)Cc2ccccc2)O[C@@]12C(=O)N(Cc1ccc(N(C=O)c3ccccc3)cc1)c1ccc(Br)cc12. The van der Waals surface area contributed by atoms with Crippen LogP contribution < -0.4 is 9.80 Å². The first-order chi connectivity index (χ1) is 24.0. The fraction of sp³-hybridized carbons (Fsp3) is 0.308. The minimum atomic E-state index is -3.51. The Kier molecular flexibility index (Phi) is 10.4. The van der Waals surface area contributed by atoms with Gasteiger partial charge in [-0.3, -0.25) is 19.3 Å². The average Bonchev–Trinajstić information content (AvgIpc) is 3.52. The molecule has 0 saturated carbocycles. The number of benzene rings is 4. The number of aliphatic hydroxyl groups is 1. The normalized spacial score (nSPS) is 21.4. The van der Waals surface area contributed by atoms with E-state index in [9.17, 15) is 19.5 Å². The summed E-state index contributed by atoms with van der Waals surface area (Å²) in [4.78, 5) is 45.4. The number of ether oxygens (including phenoxy) is 1. The first-order valence-electron chi connectivity index (χ1n) is 16.8. The van der Waals surface area contributed by atoms with Crippen LogP contribution in [0.15, 0.2) is 108 Å². The molecule has 0 radical (unpaired) electrons. The van der Waals surface area contributed by atoms with E-state index in [1.165, 1.54) is 0 Å². The van der Waals surface area contributed by atoms with Gasteiger partial charge < -0.3 is 23.8 Å². The predicted molar refractivity (Wildman–Crippen MR) is 198 cm³/mol. The molecule has 50 heavy (non-hydrogen) atoms. The van der Waals surface area contributed by atoms with Crippen molar-refractivity contribution < 1.29 is 28.3 Å². The van der Waals surface area contributed by atoms with Crippen molar-refractivity contribution in [1.82, 2.24) is 4.90 Å². The Bertz CT molecular complexity index is 1840. The van der Waals surface area contributed by atoms with Crippen molar-refractivity contribution in [2.24, 2.45) is 5.92 Å². The Labute approximate surface area is 301 Å². The molecule has 260 valence electrons. The van der Waals surface area contributed by atoms with Gasteiger partial charge in [0.15, 0.2) is 5.60 Å². The fourth-order valence-electron chi connectivity index (χ4n) is 7.70. The molecule has 0 aliphatic carbocycles. The van der Waals surface area contributed by atoms with E-state index >= 15 is 4.11 Å². The Balaban J connectivity index is 1.30. The van der Waals surface area contributed by atoms with Crippen molar-refractivity contribution in [3.63, 3.8) is 0 Å². The molecule has 6 rings (SSSR count). The molecule has 4 atom stereocenters. The number of fused-ring (bicyclic) bond motifs is 2. The predicted octanol–water partition coefficient (Wildman–Crippen LogP) is 7.48. The van der Waals surface area contributed by atoms with Gasteiger partial charge in [0.1, 0.15) is 0 Å². The summed E-state index contributed by atoms with van der Waals surface area (Å²) in [6.07, 6.45) is -0.192. The molecule has 4 aromatic rings. The Hall–Kier alpha value is -4.16.